The lowest BCUT2D eigenvalue weighted by molar-refractivity contribution is -0.119. The minimum atomic E-state index is -3.08. The Kier molecular flexibility index (Phi) is 4.41. The van der Waals surface area contributed by atoms with Gasteiger partial charge >= 0.3 is 0 Å². The molecule has 3 rings (SSSR count). The van der Waals surface area contributed by atoms with Crippen molar-refractivity contribution < 1.29 is 13.2 Å². The van der Waals surface area contributed by atoms with Crippen molar-refractivity contribution in [3.63, 3.8) is 0 Å². The lowest BCUT2D eigenvalue weighted by atomic mass is 10.1. The maximum atomic E-state index is 12.2. The van der Waals surface area contributed by atoms with Crippen LogP contribution in [-0.4, -0.2) is 35.6 Å². The maximum absolute atomic E-state index is 12.2. The molecule has 1 aromatic carbocycles. The van der Waals surface area contributed by atoms with E-state index in [0.29, 0.717) is 23.8 Å². The Balaban J connectivity index is 1.69. The Morgan fingerprint density at radius 1 is 1.30 bits per heavy atom. The van der Waals surface area contributed by atoms with E-state index in [1.165, 1.54) is 0 Å². The number of amides is 1. The first kappa shape index (κ1) is 16.0. The number of hydrogen-bond acceptors (Lipinski definition) is 4. The molecule has 8 heteroatoms. The molecule has 1 amide bonds. The van der Waals surface area contributed by atoms with Crippen LogP contribution in [0.4, 0.5) is 5.82 Å². The fourth-order valence-electron chi connectivity index (χ4n) is 2.56. The molecule has 6 nitrogen and oxygen atoms in total. The number of nitrogens with one attached hydrogen (secondary N) is 1. The van der Waals surface area contributed by atoms with Crippen LogP contribution in [0.3, 0.4) is 0 Å². The molecule has 1 aromatic heterocycles. The second kappa shape index (κ2) is 6.33. The van der Waals surface area contributed by atoms with Gasteiger partial charge in [-0.1, -0.05) is 23.7 Å². The van der Waals surface area contributed by atoms with Gasteiger partial charge in [0.05, 0.1) is 30.2 Å². The second-order valence-electron chi connectivity index (χ2n) is 5.59. The molecule has 122 valence electrons. The molecule has 1 atom stereocenters. The number of anilines is 1. The molecule has 2 heterocycles. The van der Waals surface area contributed by atoms with Crippen molar-refractivity contribution in [1.29, 1.82) is 0 Å². The summed E-state index contributed by atoms with van der Waals surface area (Å²) in [4.78, 5) is 12.2. The van der Waals surface area contributed by atoms with Crippen LogP contribution in [0.25, 0.3) is 0 Å². The topological polar surface area (TPSA) is 81.1 Å². The van der Waals surface area contributed by atoms with Crippen LogP contribution in [-0.2, 0) is 21.2 Å². The summed E-state index contributed by atoms with van der Waals surface area (Å²) in [5.41, 5.74) is 0.997. The van der Waals surface area contributed by atoms with E-state index >= 15 is 0 Å². The fraction of sp³-hybridized carbons (Fsp3) is 0.333. The summed E-state index contributed by atoms with van der Waals surface area (Å²) in [6.45, 7) is 0.489. The standard InChI is InChI=1S/C15H16ClN3O3S/c16-13-3-1-11(2-4-13)9-19-14(5-7-17-19)18-15(20)12-6-8-23(21,22)10-12/h1-5,7,12H,6,8-10H2,(H,18,20)/t12-/m0/s1. The summed E-state index contributed by atoms with van der Waals surface area (Å²) < 4.78 is 24.6. The molecule has 0 spiro atoms. The van der Waals surface area contributed by atoms with Gasteiger partial charge in [-0.3, -0.25) is 4.79 Å². The molecule has 0 radical (unpaired) electrons. The highest BCUT2D eigenvalue weighted by atomic mass is 35.5. The zero-order valence-electron chi connectivity index (χ0n) is 12.3. The molecule has 1 aliphatic rings. The molecule has 23 heavy (non-hydrogen) atoms. The van der Waals surface area contributed by atoms with Crippen LogP contribution in [0.5, 0.6) is 0 Å². The van der Waals surface area contributed by atoms with E-state index in [4.69, 9.17) is 11.6 Å². The Labute approximate surface area is 139 Å². The highest BCUT2D eigenvalue weighted by Gasteiger charge is 2.33. The van der Waals surface area contributed by atoms with E-state index in [1.807, 2.05) is 12.1 Å². The number of sulfone groups is 1. The normalized spacial score (nSPS) is 19.6. The number of aromatic nitrogens is 2. The summed E-state index contributed by atoms with van der Waals surface area (Å²) in [6.07, 6.45) is 1.97. The minimum Gasteiger partial charge on any atom is -0.311 e. The average molecular weight is 354 g/mol. The van der Waals surface area contributed by atoms with E-state index in [9.17, 15) is 13.2 Å². The summed E-state index contributed by atoms with van der Waals surface area (Å²) in [5, 5.41) is 7.62. The molecule has 0 saturated carbocycles. The molecular weight excluding hydrogens is 338 g/mol. The number of carbonyl (C=O) groups is 1. The van der Waals surface area contributed by atoms with Gasteiger partial charge in [-0.2, -0.15) is 5.10 Å². The van der Waals surface area contributed by atoms with Crippen molar-refractivity contribution in [2.45, 2.75) is 13.0 Å². The van der Waals surface area contributed by atoms with Crippen LogP contribution in [0.1, 0.15) is 12.0 Å². The van der Waals surface area contributed by atoms with Crippen molar-refractivity contribution in [1.82, 2.24) is 9.78 Å². The first-order valence-corrected chi connectivity index (χ1v) is 9.40. The predicted molar refractivity (Wildman–Crippen MR) is 88.2 cm³/mol. The molecule has 1 aliphatic heterocycles. The molecule has 0 aliphatic carbocycles. The van der Waals surface area contributed by atoms with Crippen molar-refractivity contribution in [3.05, 3.63) is 47.1 Å². The number of hydrogen-bond donors (Lipinski definition) is 1. The van der Waals surface area contributed by atoms with Gasteiger partial charge in [-0.05, 0) is 24.1 Å². The quantitative estimate of drug-likeness (QED) is 0.911. The van der Waals surface area contributed by atoms with Gasteiger partial charge in [0.1, 0.15) is 5.82 Å². The van der Waals surface area contributed by atoms with E-state index in [1.54, 1.807) is 29.1 Å². The number of carbonyl (C=O) groups excluding carboxylic acids is 1. The average Bonchev–Trinajstić information content (AvgIpc) is 3.08. The van der Waals surface area contributed by atoms with E-state index in [0.717, 1.165) is 5.56 Å². The summed E-state index contributed by atoms with van der Waals surface area (Å²) >= 11 is 5.86. The Bertz CT molecular complexity index is 815. The zero-order chi connectivity index (χ0) is 16.4. The van der Waals surface area contributed by atoms with E-state index in [2.05, 4.69) is 10.4 Å². The van der Waals surface area contributed by atoms with Crippen LogP contribution in [0, 0.1) is 5.92 Å². The Morgan fingerprint density at radius 3 is 2.70 bits per heavy atom. The van der Waals surface area contributed by atoms with Crippen LogP contribution in [0.15, 0.2) is 36.5 Å². The van der Waals surface area contributed by atoms with Crippen molar-refractivity contribution in [2.75, 3.05) is 16.8 Å². The molecule has 1 N–H and O–H groups in total. The highest BCUT2D eigenvalue weighted by molar-refractivity contribution is 7.91. The van der Waals surface area contributed by atoms with E-state index < -0.39 is 15.8 Å². The third-order valence-electron chi connectivity index (χ3n) is 3.82. The number of rotatable bonds is 4. The predicted octanol–water partition coefficient (Wildman–Crippen LogP) is 1.96. The second-order valence-corrected chi connectivity index (χ2v) is 8.25. The van der Waals surface area contributed by atoms with Gasteiger partial charge in [-0.15, -0.1) is 0 Å². The summed E-state index contributed by atoms with van der Waals surface area (Å²) in [7, 11) is -3.08. The third-order valence-corrected chi connectivity index (χ3v) is 5.84. The lowest BCUT2D eigenvalue weighted by Crippen LogP contribution is -2.25. The number of halogens is 1. The van der Waals surface area contributed by atoms with Gasteiger partial charge in [0.2, 0.25) is 5.91 Å². The maximum Gasteiger partial charge on any atom is 0.229 e. The molecule has 2 aromatic rings. The first-order chi connectivity index (χ1) is 10.9. The van der Waals surface area contributed by atoms with E-state index in [-0.39, 0.29) is 17.4 Å². The van der Waals surface area contributed by atoms with Gasteiger partial charge in [0, 0.05) is 11.1 Å². The fourth-order valence-corrected chi connectivity index (χ4v) is 4.43. The molecular formula is C15H16ClN3O3S. The van der Waals surface area contributed by atoms with Crippen LogP contribution in [0.2, 0.25) is 5.02 Å². The lowest BCUT2D eigenvalue weighted by Gasteiger charge is -2.12. The molecule has 1 saturated heterocycles. The van der Waals surface area contributed by atoms with Gasteiger partial charge in [0.15, 0.2) is 9.84 Å². The van der Waals surface area contributed by atoms with Crippen molar-refractivity contribution >= 4 is 33.2 Å². The minimum absolute atomic E-state index is 0.0785. The first-order valence-electron chi connectivity index (χ1n) is 7.20. The van der Waals surface area contributed by atoms with Crippen LogP contribution >= 0.6 is 11.6 Å². The summed E-state index contributed by atoms with van der Waals surface area (Å²) in [6, 6.07) is 9.06. The molecule has 0 bridgehead atoms. The van der Waals surface area contributed by atoms with Crippen molar-refractivity contribution in [3.8, 4) is 0 Å². The SMILES string of the molecule is O=C(Nc1ccnn1Cc1ccc(Cl)cc1)[C@H]1CCS(=O)(=O)C1. The number of nitrogens with zero attached hydrogens (tertiary/aromatic N) is 2. The van der Waals surface area contributed by atoms with Gasteiger partial charge < -0.3 is 5.32 Å². The monoisotopic (exact) mass is 353 g/mol. The largest absolute Gasteiger partial charge is 0.311 e. The highest BCUT2D eigenvalue weighted by Crippen LogP contribution is 2.21. The molecule has 1 fully saturated rings. The zero-order valence-corrected chi connectivity index (χ0v) is 13.8. The Morgan fingerprint density at radius 2 is 2.04 bits per heavy atom. The van der Waals surface area contributed by atoms with Gasteiger partial charge in [0.25, 0.3) is 0 Å². The Hall–Kier alpha value is -1.86. The smallest absolute Gasteiger partial charge is 0.229 e. The van der Waals surface area contributed by atoms with Gasteiger partial charge in [-0.25, -0.2) is 13.1 Å². The van der Waals surface area contributed by atoms with Crippen LogP contribution < -0.4 is 5.32 Å². The van der Waals surface area contributed by atoms with Crippen molar-refractivity contribution in [2.24, 2.45) is 5.92 Å². The summed E-state index contributed by atoms with van der Waals surface area (Å²) in [5.74, 6) is -0.212. The number of benzene rings is 1. The third kappa shape index (κ3) is 3.92. The molecule has 0 unspecified atom stereocenters.